The van der Waals surface area contributed by atoms with Crippen molar-refractivity contribution in [1.82, 2.24) is 15.0 Å². The maximum Gasteiger partial charge on any atom is 0.165 e. The van der Waals surface area contributed by atoms with E-state index in [1.807, 2.05) is 25.1 Å². The van der Waals surface area contributed by atoms with Crippen molar-refractivity contribution in [2.45, 2.75) is 6.92 Å². The van der Waals surface area contributed by atoms with Gasteiger partial charge in [0.1, 0.15) is 12.1 Å². The molecule has 16 heavy (non-hydrogen) atoms. The SMILES string of the molecule is Cc1ccc2cc3c(N)ncnc3nc2c1. The highest BCUT2D eigenvalue weighted by molar-refractivity contribution is 5.95. The van der Waals surface area contributed by atoms with Gasteiger partial charge in [-0.05, 0) is 24.6 Å². The number of fused-ring (bicyclic) bond motifs is 2. The van der Waals surface area contributed by atoms with Crippen LogP contribution in [-0.4, -0.2) is 15.0 Å². The van der Waals surface area contributed by atoms with Gasteiger partial charge in [-0.15, -0.1) is 0 Å². The fourth-order valence-electron chi connectivity index (χ4n) is 1.77. The Hall–Kier alpha value is -2.23. The van der Waals surface area contributed by atoms with Crippen molar-refractivity contribution in [1.29, 1.82) is 0 Å². The van der Waals surface area contributed by atoms with Crippen molar-refractivity contribution in [3.8, 4) is 0 Å². The topological polar surface area (TPSA) is 64.7 Å². The number of hydrogen-bond acceptors (Lipinski definition) is 4. The van der Waals surface area contributed by atoms with E-state index in [4.69, 9.17) is 5.73 Å². The fraction of sp³-hybridized carbons (Fsp3) is 0.0833. The van der Waals surface area contributed by atoms with Crippen LogP contribution in [0.1, 0.15) is 5.56 Å². The van der Waals surface area contributed by atoms with Crippen LogP contribution in [0.2, 0.25) is 0 Å². The van der Waals surface area contributed by atoms with Crippen LogP contribution in [0.4, 0.5) is 5.82 Å². The largest absolute Gasteiger partial charge is 0.383 e. The van der Waals surface area contributed by atoms with Crippen molar-refractivity contribution < 1.29 is 0 Å². The van der Waals surface area contributed by atoms with Crippen molar-refractivity contribution in [3.63, 3.8) is 0 Å². The zero-order valence-corrected chi connectivity index (χ0v) is 8.81. The lowest BCUT2D eigenvalue weighted by Gasteiger charge is -2.03. The number of nitrogen functional groups attached to an aromatic ring is 1. The highest BCUT2D eigenvalue weighted by Gasteiger charge is 2.04. The number of aromatic nitrogens is 3. The van der Waals surface area contributed by atoms with Gasteiger partial charge < -0.3 is 5.73 Å². The Kier molecular flexibility index (Phi) is 1.77. The summed E-state index contributed by atoms with van der Waals surface area (Å²) >= 11 is 0. The molecular weight excluding hydrogens is 200 g/mol. The van der Waals surface area contributed by atoms with Gasteiger partial charge in [-0.25, -0.2) is 15.0 Å². The zero-order chi connectivity index (χ0) is 11.1. The van der Waals surface area contributed by atoms with Crippen LogP contribution in [0.25, 0.3) is 21.9 Å². The average molecular weight is 210 g/mol. The maximum atomic E-state index is 5.79. The number of benzene rings is 1. The third-order valence-electron chi connectivity index (χ3n) is 2.61. The Morgan fingerprint density at radius 2 is 2.00 bits per heavy atom. The maximum absolute atomic E-state index is 5.79. The predicted octanol–water partition coefficient (Wildman–Crippen LogP) is 2.07. The van der Waals surface area contributed by atoms with Gasteiger partial charge in [0, 0.05) is 5.39 Å². The summed E-state index contributed by atoms with van der Waals surface area (Å²) in [5.41, 5.74) is 8.55. The van der Waals surface area contributed by atoms with E-state index in [2.05, 4.69) is 21.0 Å². The molecule has 2 N–H and O–H groups in total. The summed E-state index contributed by atoms with van der Waals surface area (Å²) in [6.07, 6.45) is 1.44. The molecule has 0 atom stereocenters. The molecule has 0 saturated carbocycles. The second kappa shape index (κ2) is 3.13. The van der Waals surface area contributed by atoms with Gasteiger partial charge in [-0.1, -0.05) is 12.1 Å². The molecule has 0 aliphatic carbocycles. The lowest BCUT2D eigenvalue weighted by atomic mass is 10.1. The van der Waals surface area contributed by atoms with Crippen LogP contribution in [0.15, 0.2) is 30.6 Å². The van der Waals surface area contributed by atoms with Gasteiger partial charge in [0.2, 0.25) is 0 Å². The van der Waals surface area contributed by atoms with Crippen molar-refractivity contribution in [2.24, 2.45) is 0 Å². The molecule has 4 nitrogen and oxygen atoms in total. The third kappa shape index (κ3) is 1.27. The number of nitrogens with zero attached hydrogens (tertiary/aromatic N) is 3. The molecule has 0 bridgehead atoms. The van der Waals surface area contributed by atoms with E-state index >= 15 is 0 Å². The molecule has 1 aromatic carbocycles. The molecule has 0 amide bonds. The van der Waals surface area contributed by atoms with Crippen molar-refractivity contribution in [2.75, 3.05) is 5.73 Å². The lowest BCUT2D eigenvalue weighted by Crippen LogP contribution is -1.95. The van der Waals surface area contributed by atoms with Gasteiger partial charge in [0.15, 0.2) is 5.65 Å². The summed E-state index contributed by atoms with van der Waals surface area (Å²) in [6.45, 7) is 2.04. The minimum atomic E-state index is 0.472. The summed E-state index contributed by atoms with van der Waals surface area (Å²) in [5.74, 6) is 0.472. The monoisotopic (exact) mass is 210 g/mol. The molecule has 0 saturated heterocycles. The Bertz CT molecular complexity index is 690. The van der Waals surface area contributed by atoms with E-state index in [1.165, 1.54) is 11.9 Å². The molecule has 0 aliphatic heterocycles. The van der Waals surface area contributed by atoms with Crippen LogP contribution in [0.5, 0.6) is 0 Å². The standard InChI is InChI=1S/C12H10N4/c1-7-2-3-8-5-9-11(13)14-6-15-12(9)16-10(8)4-7/h2-6H,1H3,(H2,13,14,15,16). The van der Waals surface area contributed by atoms with Gasteiger partial charge in [0.25, 0.3) is 0 Å². The van der Waals surface area contributed by atoms with Crippen molar-refractivity contribution in [3.05, 3.63) is 36.2 Å². The number of anilines is 1. The van der Waals surface area contributed by atoms with Crippen LogP contribution in [0.3, 0.4) is 0 Å². The van der Waals surface area contributed by atoms with Crippen molar-refractivity contribution >= 4 is 27.8 Å². The van der Waals surface area contributed by atoms with Crippen LogP contribution < -0.4 is 5.73 Å². The van der Waals surface area contributed by atoms with E-state index in [9.17, 15) is 0 Å². The van der Waals surface area contributed by atoms with E-state index in [0.29, 0.717) is 11.5 Å². The molecule has 4 heteroatoms. The molecule has 2 aromatic heterocycles. The number of rotatable bonds is 0. The summed E-state index contributed by atoms with van der Waals surface area (Å²) in [4.78, 5) is 12.5. The first kappa shape index (κ1) is 9.03. The van der Waals surface area contributed by atoms with Gasteiger partial charge in [0.05, 0.1) is 10.9 Å². The number of hydrogen-bond donors (Lipinski definition) is 1. The zero-order valence-electron chi connectivity index (χ0n) is 8.81. The molecule has 3 rings (SSSR count). The Balaban J connectivity index is 2.49. The normalized spacial score (nSPS) is 11.1. The summed E-state index contributed by atoms with van der Waals surface area (Å²) in [7, 11) is 0. The highest BCUT2D eigenvalue weighted by Crippen LogP contribution is 2.21. The smallest absolute Gasteiger partial charge is 0.165 e. The minimum absolute atomic E-state index is 0.472. The van der Waals surface area contributed by atoms with Crippen LogP contribution >= 0.6 is 0 Å². The first-order chi connectivity index (χ1) is 7.74. The lowest BCUT2D eigenvalue weighted by molar-refractivity contribution is 1.20. The van der Waals surface area contributed by atoms with Gasteiger partial charge >= 0.3 is 0 Å². The molecule has 3 aromatic rings. The predicted molar refractivity (Wildman–Crippen MR) is 64.0 cm³/mol. The fourth-order valence-corrected chi connectivity index (χ4v) is 1.77. The average Bonchev–Trinajstić information content (AvgIpc) is 2.27. The first-order valence-electron chi connectivity index (χ1n) is 5.01. The minimum Gasteiger partial charge on any atom is -0.383 e. The van der Waals surface area contributed by atoms with Crippen LogP contribution in [-0.2, 0) is 0 Å². The first-order valence-corrected chi connectivity index (χ1v) is 5.01. The quantitative estimate of drug-likeness (QED) is 0.577. The molecule has 0 spiro atoms. The molecule has 0 aliphatic rings. The third-order valence-corrected chi connectivity index (χ3v) is 2.61. The van der Waals surface area contributed by atoms with Crippen LogP contribution in [0, 0.1) is 6.92 Å². The van der Waals surface area contributed by atoms with E-state index in [0.717, 1.165) is 16.3 Å². The van der Waals surface area contributed by atoms with Gasteiger partial charge in [-0.3, -0.25) is 0 Å². The second-order valence-corrected chi connectivity index (χ2v) is 3.81. The molecule has 78 valence electrons. The molecular formula is C12H10N4. The molecule has 0 radical (unpaired) electrons. The summed E-state index contributed by atoms with van der Waals surface area (Å²) in [6, 6.07) is 8.10. The second-order valence-electron chi connectivity index (χ2n) is 3.81. The highest BCUT2D eigenvalue weighted by atomic mass is 15.0. The summed E-state index contributed by atoms with van der Waals surface area (Å²) in [5, 5.41) is 1.86. The molecule has 2 heterocycles. The Morgan fingerprint density at radius 1 is 1.12 bits per heavy atom. The molecule has 0 unspecified atom stereocenters. The van der Waals surface area contributed by atoms with Gasteiger partial charge in [-0.2, -0.15) is 0 Å². The van der Waals surface area contributed by atoms with E-state index in [1.54, 1.807) is 0 Å². The Morgan fingerprint density at radius 3 is 2.88 bits per heavy atom. The molecule has 0 fully saturated rings. The Labute approximate surface area is 92.2 Å². The number of aryl methyl sites for hydroxylation is 1. The number of nitrogens with two attached hydrogens (primary N) is 1. The van der Waals surface area contributed by atoms with E-state index in [-0.39, 0.29) is 0 Å². The summed E-state index contributed by atoms with van der Waals surface area (Å²) < 4.78 is 0. The number of pyridine rings is 1. The van der Waals surface area contributed by atoms with E-state index < -0.39 is 0 Å².